The standard InChI is InChI=1S/C7H6O3.CH2O4/c8-7(10-9)6-4-2-1-3-5-6;2-1(3)5-4/h1-5,9H;4H,(H,2,3). The number of carbonyl (C=O) groups excluding carboxylic acids is 1. The average Bonchev–Trinajstić information content (AvgIpc) is 2.30. The molecule has 0 saturated carbocycles. The normalized spacial score (nSPS) is 8.13. The van der Waals surface area contributed by atoms with E-state index in [-0.39, 0.29) is 0 Å². The fraction of sp³-hybridized carbons (Fsp3) is 0. The molecule has 0 bridgehead atoms. The molecule has 0 aliphatic heterocycles. The summed E-state index contributed by atoms with van der Waals surface area (Å²) in [4.78, 5) is 25.6. The van der Waals surface area contributed by atoms with E-state index < -0.39 is 12.1 Å². The minimum Gasteiger partial charge on any atom is -0.448 e. The summed E-state index contributed by atoms with van der Waals surface area (Å²) in [5.41, 5.74) is 0.338. The van der Waals surface area contributed by atoms with Gasteiger partial charge in [-0.3, -0.25) is 9.78 Å². The van der Waals surface area contributed by atoms with E-state index >= 15 is 0 Å². The average molecular weight is 216 g/mol. The van der Waals surface area contributed by atoms with E-state index in [4.69, 9.17) is 20.4 Å². The molecule has 3 N–H and O–H groups in total. The van der Waals surface area contributed by atoms with Gasteiger partial charge in [0.2, 0.25) is 0 Å². The molecule has 7 nitrogen and oxygen atoms in total. The Kier molecular flexibility index (Phi) is 6.27. The zero-order chi connectivity index (χ0) is 11.7. The predicted octanol–water partition coefficient (Wildman–Crippen LogP) is 1.47. The molecule has 0 aliphatic rings. The highest BCUT2D eigenvalue weighted by Gasteiger charge is 2.02. The monoisotopic (exact) mass is 216 g/mol. The Labute approximate surface area is 84.0 Å². The first kappa shape index (κ1) is 12.9. The zero-order valence-corrected chi connectivity index (χ0v) is 7.36. The Morgan fingerprint density at radius 3 is 1.80 bits per heavy atom. The summed E-state index contributed by atoms with van der Waals surface area (Å²) in [6.45, 7) is 0. The summed E-state index contributed by atoms with van der Waals surface area (Å²) < 4.78 is 0. The molecule has 0 unspecified atom stereocenters. The summed E-state index contributed by atoms with van der Waals surface area (Å²) in [5.74, 6) is -0.736. The molecule has 0 aliphatic carbocycles. The highest BCUT2D eigenvalue weighted by Crippen LogP contribution is 1.98. The highest BCUT2D eigenvalue weighted by molar-refractivity contribution is 5.88. The first-order valence-corrected chi connectivity index (χ1v) is 3.57. The lowest BCUT2D eigenvalue weighted by atomic mass is 10.2. The van der Waals surface area contributed by atoms with Crippen molar-refractivity contribution in [2.24, 2.45) is 0 Å². The van der Waals surface area contributed by atoms with Gasteiger partial charge in [0.05, 0.1) is 5.56 Å². The highest BCUT2D eigenvalue weighted by atomic mass is 17.1. The van der Waals surface area contributed by atoms with Gasteiger partial charge in [-0.05, 0) is 12.1 Å². The minimum atomic E-state index is -1.69. The van der Waals surface area contributed by atoms with Crippen LogP contribution in [0.5, 0.6) is 0 Å². The number of rotatable bonds is 1. The van der Waals surface area contributed by atoms with E-state index in [1.165, 1.54) is 0 Å². The number of benzene rings is 1. The summed E-state index contributed by atoms with van der Waals surface area (Å²) in [6.07, 6.45) is -1.69. The van der Waals surface area contributed by atoms with E-state index in [1.54, 1.807) is 30.3 Å². The van der Waals surface area contributed by atoms with Crippen molar-refractivity contribution in [3.8, 4) is 0 Å². The van der Waals surface area contributed by atoms with Crippen LogP contribution in [0.2, 0.25) is 0 Å². The summed E-state index contributed by atoms with van der Waals surface area (Å²) in [6, 6.07) is 8.25. The van der Waals surface area contributed by atoms with Gasteiger partial charge < -0.3 is 5.11 Å². The van der Waals surface area contributed by atoms with Crippen LogP contribution in [0.4, 0.5) is 4.79 Å². The molecule has 0 heterocycles. The van der Waals surface area contributed by atoms with Crippen LogP contribution in [-0.2, 0) is 9.78 Å². The van der Waals surface area contributed by atoms with Crippen molar-refractivity contribution in [1.29, 1.82) is 0 Å². The smallest absolute Gasteiger partial charge is 0.448 e. The van der Waals surface area contributed by atoms with E-state index in [1.807, 2.05) is 0 Å². The quantitative estimate of drug-likeness (QED) is 0.481. The second-order valence-corrected chi connectivity index (χ2v) is 2.10. The Balaban J connectivity index is 0.000000336. The molecule has 0 atom stereocenters. The van der Waals surface area contributed by atoms with Gasteiger partial charge in [0.1, 0.15) is 0 Å². The molecule has 15 heavy (non-hydrogen) atoms. The van der Waals surface area contributed by atoms with Crippen LogP contribution in [0.25, 0.3) is 0 Å². The summed E-state index contributed by atoms with van der Waals surface area (Å²) in [7, 11) is 0. The van der Waals surface area contributed by atoms with Gasteiger partial charge in [-0.2, -0.15) is 10.5 Å². The number of hydrogen-bond acceptors (Lipinski definition) is 6. The second kappa shape index (κ2) is 7.30. The number of hydrogen-bond donors (Lipinski definition) is 3. The fourth-order valence-corrected chi connectivity index (χ4v) is 0.627. The van der Waals surface area contributed by atoms with Crippen molar-refractivity contribution < 1.29 is 35.0 Å². The number of carboxylic acid groups (broad SMARTS) is 1. The first-order chi connectivity index (χ1) is 7.11. The molecular weight excluding hydrogens is 208 g/mol. The van der Waals surface area contributed by atoms with Crippen LogP contribution in [0, 0.1) is 0 Å². The Bertz CT molecular complexity index is 308. The predicted molar refractivity (Wildman–Crippen MR) is 46.2 cm³/mol. The molecule has 0 saturated heterocycles. The molecular formula is C8H8O7. The van der Waals surface area contributed by atoms with Gasteiger partial charge in [0.25, 0.3) is 0 Å². The third-order valence-corrected chi connectivity index (χ3v) is 1.17. The van der Waals surface area contributed by atoms with Gasteiger partial charge >= 0.3 is 12.1 Å². The van der Waals surface area contributed by atoms with Crippen molar-refractivity contribution in [1.82, 2.24) is 0 Å². The maximum absolute atomic E-state index is 10.5. The molecule has 7 heteroatoms. The van der Waals surface area contributed by atoms with Crippen LogP contribution in [0.3, 0.4) is 0 Å². The summed E-state index contributed by atoms with van der Waals surface area (Å²) in [5, 5.41) is 22.2. The van der Waals surface area contributed by atoms with E-state index in [0.717, 1.165) is 0 Å². The van der Waals surface area contributed by atoms with Gasteiger partial charge in [0, 0.05) is 0 Å². The van der Waals surface area contributed by atoms with Crippen molar-refractivity contribution in [2.75, 3.05) is 0 Å². The molecule has 1 aromatic carbocycles. The topological polar surface area (TPSA) is 113 Å². The molecule has 0 amide bonds. The maximum atomic E-state index is 10.5. The third kappa shape index (κ3) is 6.02. The van der Waals surface area contributed by atoms with Gasteiger partial charge in [-0.15, -0.1) is 0 Å². The Hall–Kier alpha value is -2.12. The number of carbonyl (C=O) groups is 2. The molecule has 82 valence electrons. The lowest BCUT2D eigenvalue weighted by molar-refractivity contribution is -0.194. The van der Waals surface area contributed by atoms with Gasteiger partial charge in [-0.25, -0.2) is 9.59 Å². The van der Waals surface area contributed by atoms with E-state index in [2.05, 4.69) is 9.78 Å². The molecule has 0 spiro atoms. The van der Waals surface area contributed by atoms with Crippen molar-refractivity contribution >= 4 is 12.1 Å². The summed E-state index contributed by atoms with van der Waals surface area (Å²) >= 11 is 0. The van der Waals surface area contributed by atoms with Crippen molar-refractivity contribution in [3.63, 3.8) is 0 Å². The van der Waals surface area contributed by atoms with Crippen LogP contribution in [0.15, 0.2) is 30.3 Å². The van der Waals surface area contributed by atoms with E-state index in [0.29, 0.717) is 5.56 Å². The van der Waals surface area contributed by atoms with Crippen LogP contribution < -0.4 is 0 Å². The molecule has 0 fully saturated rings. The van der Waals surface area contributed by atoms with E-state index in [9.17, 15) is 4.79 Å². The zero-order valence-electron chi connectivity index (χ0n) is 7.36. The fourth-order valence-electron chi connectivity index (χ4n) is 0.627. The first-order valence-electron chi connectivity index (χ1n) is 3.57. The SMILES string of the molecule is O=C(O)OO.O=C(OO)c1ccccc1. The third-order valence-electron chi connectivity index (χ3n) is 1.17. The maximum Gasteiger partial charge on any atom is 0.537 e. The van der Waals surface area contributed by atoms with Crippen LogP contribution in [-0.4, -0.2) is 27.7 Å². The molecule has 0 radical (unpaired) electrons. The van der Waals surface area contributed by atoms with Gasteiger partial charge in [-0.1, -0.05) is 18.2 Å². The van der Waals surface area contributed by atoms with Gasteiger partial charge in [0.15, 0.2) is 0 Å². The van der Waals surface area contributed by atoms with Crippen LogP contribution >= 0.6 is 0 Å². The molecule has 1 rings (SSSR count). The lowest BCUT2D eigenvalue weighted by Crippen LogP contribution is -2.00. The lowest BCUT2D eigenvalue weighted by Gasteiger charge is -1.92. The van der Waals surface area contributed by atoms with Crippen molar-refractivity contribution in [2.45, 2.75) is 0 Å². The largest absolute Gasteiger partial charge is 0.537 e. The molecule has 0 aromatic heterocycles. The van der Waals surface area contributed by atoms with Crippen molar-refractivity contribution in [3.05, 3.63) is 35.9 Å². The Morgan fingerprint density at radius 1 is 1.00 bits per heavy atom. The molecule has 1 aromatic rings. The Morgan fingerprint density at radius 2 is 1.47 bits per heavy atom. The van der Waals surface area contributed by atoms with Crippen LogP contribution in [0.1, 0.15) is 10.4 Å². The second-order valence-electron chi connectivity index (χ2n) is 2.10. The minimum absolute atomic E-state index is 0.338.